The van der Waals surface area contributed by atoms with E-state index in [0.717, 1.165) is 47.4 Å². The Labute approximate surface area is 152 Å². The standard InChI is InChI=1S/C18H21NO4S2/c1-2-13-6-7-18(24-13)25(20,21)19-15-5-3-4-12-10-16-17(11-14(12)15)23-9-8-22-16/h6-7,10-11,15,19H,2-5,8-9H2,1H3. The summed E-state index contributed by atoms with van der Waals surface area (Å²) < 4.78 is 40.1. The van der Waals surface area contributed by atoms with Crippen molar-refractivity contribution in [2.75, 3.05) is 13.2 Å². The van der Waals surface area contributed by atoms with Crippen LogP contribution in [0.15, 0.2) is 28.5 Å². The first-order chi connectivity index (χ1) is 12.1. The maximum atomic E-state index is 12.8. The normalized spacial score (nSPS) is 19.5. The molecular formula is C18H21NO4S2. The van der Waals surface area contributed by atoms with Gasteiger partial charge in [0.2, 0.25) is 0 Å². The molecule has 134 valence electrons. The number of nitrogens with one attached hydrogen (secondary N) is 1. The summed E-state index contributed by atoms with van der Waals surface area (Å²) in [6, 6.07) is 7.30. The van der Waals surface area contributed by atoms with Crippen LogP contribution in [0.4, 0.5) is 0 Å². The van der Waals surface area contributed by atoms with E-state index in [1.54, 1.807) is 6.07 Å². The Kier molecular flexibility index (Phi) is 4.47. The lowest BCUT2D eigenvalue weighted by Crippen LogP contribution is -2.31. The lowest BCUT2D eigenvalue weighted by atomic mass is 9.88. The molecule has 2 heterocycles. The molecule has 2 aromatic rings. The van der Waals surface area contributed by atoms with Gasteiger partial charge in [0.15, 0.2) is 11.5 Å². The lowest BCUT2D eigenvalue weighted by molar-refractivity contribution is 0.171. The zero-order valence-corrected chi connectivity index (χ0v) is 15.7. The summed E-state index contributed by atoms with van der Waals surface area (Å²) in [4.78, 5) is 1.07. The number of aryl methyl sites for hydroxylation is 2. The molecule has 1 aliphatic carbocycles. The summed E-state index contributed by atoms with van der Waals surface area (Å²) in [6.07, 6.45) is 3.52. The van der Waals surface area contributed by atoms with Gasteiger partial charge in [-0.3, -0.25) is 0 Å². The minimum Gasteiger partial charge on any atom is -0.486 e. The Morgan fingerprint density at radius 2 is 1.96 bits per heavy atom. The summed E-state index contributed by atoms with van der Waals surface area (Å²) >= 11 is 1.34. The van der Waals surface area contributed by atoms with Crippen molar-refractivity contribution in [1.29, 1.82) is 0 Å². The molecule has 0 fully saturated rings. The highest BCUT2D eigenvalue weighted by atomic mass is 32.2. The molecule has 1 aromatic heterocycles. The molecule has 1 aromatic carbocycles. The molecule has 0 spiro atoms. The molecule has 0 radical (unpaired) electrons. The summed E-state index contributed by atoms with van der Waals surface area (Å²) in [5.41, 5.74) is 2.15. The molecule has 1 N–H and O–H groups in total. The van der Waals surface area contributed by atoms with Crippen molar-refractivity contribution in [3.05, 3.63) is 40.3 Å². The van der Waals surface area contributed by atoms with Gasteiger partial charge in [-0.25, -0.2) is 13.1 Å². The third-order valence-electron chi connectivity index (χ3n) is 4.67. The van der Waals surface area contributed by atoms with E-state index in [1.165, 1.54) is 11.3 Å². The third-order valence-corrected chi connectivity index (χ3v) is 7.86. The quantitative estimate of drug-likeness (QED) is 0.884. The molecule has 0 saturated carbocycles. The average molecular weight is 380 g/mol. The first-order valence-corrected chi connectivity index (χ1v) is 10.9. The van der Waals surface area contributed by atoms with Crippen molar-refractivity contribution in [2.24, 2.45) is 0 Å². The summed E-state index contributed by atoms with van der Waals surface area (Å²) in [5, 5.41) is 0. The third kappa shape index (κ3) is 3.28. The van der Waals surface area contributed by atoms with Crippen molar-refractivity contribution < 1.29 is 17.9 Å². The van der Waals surface area contributed by atoms with Crippen molar-refractivity contribution in [1.82, 2.24) is 4.72 Å². The van der Waals surface area contributed by atoms with Gasteiger partial charge < -0.3 is 9.47 Å². The molecule has 5 nitrogen and oxygen atoms in total. The Morgan fingerprint density at radius 1 is 1.20 bits per heavy atom. The Bertz CT molecular complexity index is 888. The zero-order chi connectivity index (χ0) is 17.4. The van der Waals surface area contributed by atoms with Crippen molar-refractivity contribution >= 4 is 21.4 Å². The van der Waals surface area contributed by atoms with Crippen LogP contribution < -0.4 is 14.2 Å². The van der Waals surface area contributed by atoms with E-state index in [2.05, 4.69) is 4.72 Å². The Hall–Kier alpha value is -1.57. The first kappa shape index (κ1) is 16.9. The maximum Gasteiger partial charge on any atom is 0.250 e. The number of thiophene rings is 1. The fraction of sp³-hybridized carbons (Fsp3) is 0.444. The van der Waals surface area contributed by atoms with Crippen LogP contribution >= 0.6 is 11.3 Å². The van der Waals surface area contributed by atoms with Crippen molar-refractivity contribution in [2.45, 2.75) is 42.9 Å². The molecule has 1 aliphatic heterocycles. The van der Waals surface area contributed by atoms with Gasteiger partial charge in [-0.05, 0) is 61.1 Å². The molecule has 0 amide bonds. The first-order valence-electron chi connectivity index (χ1n) is 8.60. The van der Waals surface area contributed by atoms with Gasteiger partial charge in [-0.2, -0.15) is 0 Å². The van der Waals surface area contributed by atoms with E-state index in [-0.39, 0.29) is 6.04 Å². The summed E-state index contributed by atoms with van der Waals surface area (Å²) in [5.74, 6) is 1.47. The number of rotatable bonds is 4. The van der Waals surface area contributed by atoms with E-state index in [9.17, 15) is 8.42 Å². The van der Waals surface area contributed by atoms with Crippen LogP contribution in [0.3, 0.4) is 0 Å². The second-order valence-corrected chi connectivity index (χ2v) is 9.44. The SMILES string of the molecule is CCc1ccc(S(=O)(=O)NC2CCCc3cc4c(cc32)OCCO4)s1. The highest BCUT2D eigenvalue weighted by Gasteiger charge is 2.29. The minimum absolute atomic E-state index is 0.225. The van der Waals surface area contributed by atoms with Crippen LogP contribution in [-0.2, 0) is 22.9 Å². The van der Waals surface area contributed by atoms with E-state index in [4.69, 9.17) is 9.47 Å². The van der Waals surface area contributed by atoms with Crippen LogP contribution in [0.1, 0.15) is 41.8 Å². The molecule has 25 heavy (non-hydrogen) atoms. The molecule has 2 aliphatic rings. The highest BCUT2D eigenvalue weighted by Crippen LogP contribution is 2.40. The van der Waals surface area contributed by atoms with E-state index < -0.39 is 10.0 Å². The second kappa shape index (κ2) is 6.63. The van der Waals surface area contributed by atoms with Gasteiger partial charge in [-0.1, -0.05) is 6.92 Å². The molecule has 1 unspecified atom stereocenters. The van der Waals surface area contributed by atoms with Gasteiger partial charge in [0.25, 0.3) is 10.0 Å². The smallest absolute Gasteiger partial charge is 0.250 e. The summed E-state index contributed by atoms with van der Waals surface area (Å²) in [6.45, 7) is 3.11. The fourth-order valence-electron chi connectivity index (χ4n) is 3.40. The molecule has 0 bridgehead atoms. The number of hydrogen-bond donors (Lipinski definition) is 1. The molecule has 0 saturated heterocycles. The predicted octanol–water partition coefficient (Wildman–Crippen LogP) is 3.44. The number of benzene rings is 1. The van der Waals surface area contributed by atoms with Gasteiger partial charge in [0, 0.05) is 10.9 Å². The molecule has 1 atom stereocenters. The Balaban J connectivity index is 1.64. The monoisotopic (exact) mass is 379 g/mol. The van der Waals surface area contributed by atoms with Gasteiger partial charge in [0.1, 0.15) is 17.4 Å². The second-order valence-electron chi connectivity index (χ2n) is 6.34. The number of fused-ring (bicyclic) bond motifs is 2. The van der Waals surface area contributed by atoms with Crippen LogP contribution in [-0.4, -0.2) is 21.6 Å². The van der Waals surface area contributed by atoms with Crippen LogP contribution in [0.5, 0.6) is 11.5 Å². The lowest BCUT2D eigenvalue weighted by Gasteiger charge is -2.28. The van der Waals surface area contributed by atoms with Crippen molar-refractivity contribution in [3.63, 3.8) is 0 Å². The van der Waals surface area contributed by atoms with E-state index >= 15 is 0 Å². The van der Waals surface area contributed by atoms with E-state index in [0.29, 0.717) is 23.2 Å². The maximum absolute atomic E-state index is 12.8. The fourth-order valence-corrected chi connectivity index (χ4v) is 5.96. The summed E-state index contributed by atoms with van der Waals surface area (Å²) in [7, 11) is -3.52. The minimum atomic E-state index is -3.52. The van der Waals surface area contributed by atoms with Crippen LogP contribution in [0.2, 0.25) is 0 Å². The topological polar surface area (TPSA) is 64.6 Å². The molecule has 4 rings (SSSR count). The van der Waals surface area contributed by atoms with Gasteiger partial charge in [-0.15, -0.1) is 11.3 Å². The highest BCUT2D eigenvalue weighted by molar-refractivity contribution is 7.91. The largest absolute Gasteiger partial charge is 0.486 e. The van der Waals surface area contributed by atoms with Gasteiger partial charge in [0.05, 0.1) is 0 Å². The van der Waals surface area contributed by atoms with Crippen LogP contribution in [0.25, 0.3) is 0 Å². The molecule has 7 heteroatoms. The van der Waals surface area contributed by atoms with Crippen LogP contribution in [0, 0.1) is 0 Å². The average Bonchev–Trinajstić information content (AvgIpc) is 3.10. The van der Waals surface area contributed by atoms with E-state index in [1.807, 2.05) is 25.1 Å². The zero-order valence-electron chi connectivity index (χ0n) is 14.1. The number of ether oxygens (including phenoxy) is 2. The molecular weight excluding hydrogens is 358 g/mol. The number of hydrogen-bond acceptors (Lipinski definition) is 5. The predicted molar refractivity (Wildman–Crippen MR) is 97.1 cm³/mol. The van der Waals surface area contributed by atoms with Crippen molar-refractivity contribution in [3.8, 4) is 11.5 Å². The number of sulfonamides is 1. The Morgan fingerprint density at radius 3 is 2.68 bits per heavy atom. The van der Waals surface area contributed by atoms with Gasteiger partial charge >= 0.3 is 0 Å².